The van der Waals surface area contributed by atoms with Crippen molar-refractivity contribution in [1.29, 1.82) is 0 Å². The van der Waals surface area contributed by atoms with Gasteiger partial charge in [-0.1, -0.05) is 30.3 Å². The van der Waals surface area contributed by atoms with Crippen molar-refractivity contribution in [3.05, 3.63) is 35.9 Å². The summed E-state index contributed by atoms with van der Waals surface area (Å²) in [5.74, 6) is -0.515. The van der Waals surface area contributed by atoms with Gasteiger partial charge in [0.25, 0.3) is 0 Å². The maximum Gasteiger partial charge on any atom is 0.242 e. The van der Waals surface area contributed by atoms with E-state index in [0.717, 1.165) is 5.56 Å². The van der Waals surface area contributed by atoms with Gasteiger partial charge in [0.15, 0.2) is 0 Å². The molecule has 0 aromatic heterocycles. The number of rotatable bonds is 6. The van der Waals surface area contributed by atoms with E-state index in [4.69, 9.17) is 5.11 Å². The molecule has 0 radical (unpaired) electrons. The molecule has 2 unspecified atom stereocenters. The van der Waals surface area contributed by atoms with Crippen LogP contribution in [0.2, 0.25) is 0 Å². The van der Waals surface area contributed by atoms with Gasteiger partial charge in [0.1, 0.15) is 6.04 Å². The van der Waals surface area contributed by atoms with Gasteiger partial charge in [-0.25, -0.2) is 0 Å². The van der Waals surface area contributed by atoms with Crippen LogP contribution >= 0.6 is 0 Å². The summed E-state index contributed by atoms with van der Waals surface area (Å²) in [4.78, 5) is 22.8. The summed E-state index contributed by atoms with van der Waals surface area (Å²) in [5.41, 5.74) is 0.930. The molecule has 5 nitrogen and oxygen atoms in total. The average molecular weight is 264 g/mol. The number of aliphatic hydroxyl groups is 1. The lowest BCUT2D eigenvalue weighted by Crippen LogP contribution is -2.45. The molecular formula is C14H20N2O3. The van der Waals surface area contributed by atoms with Crippen molar-refractivity contribution >= 4 is 11.8 Å². The molecule has 5 heteroatoms. The summed E-state index contributed by atoms with van der Waals surface area (Å²) in [5, 5.41) is 14.4. The average Bonchev–Trinajstić information content (AvgIpc) is 2.38. The Bertz CT molecular complexity index is 420. The van der Waals surface area contributed by atoms with Crippen LogP contribution in [0.3, 0.4) is 0 Å². The number of amides is 2. The van der Waals surface area contributed by atoms with Crippen LogP contribution in [0.25, 0.3) is 0 Å². The van der Waals surface area contributed by atoms with E-state index in [1.54, 1.807) is 6.92 Å². The highest BCUT2D eigenvalue weighted by Crippen LogP contribution is 2.16. The highest BCUT2D eigenvalue weighted by Gasteiger charge is 2.18. The van der Waals surface area contributed by atoms with E-state index in [0.29, 0.717) is 6.42 Å². The van der Waals surface area contributed by atoms with E-state index in [1.807, 2.05) is 30.3 Å². The molecule has 2 amide bonds. The molecular weight excluding hydrogens is 244 g/mol. The third-order valence-electron chi connectivity index (χ3n) is 2.75. The molecule has 0 spiro atoms. The molecule has 0 aliphatic carbocycles. The normalized spacial score (nSPS) is 13.4. The minimum Gasteiger partial charge on any atom is -0.396 e. The number of benzene rings is 1. The lowest BCUT2D eigenvalue weighted by Gasteiger charge is -2.21. The van der Waals surface area contributed by atoms with E-state index in [1.165, 1.54) is 6.92 Å². The number of aliphatic hydroxyl groups excluding tert-OH is 1. The molecule has 0 aliphatic rings. The van der Waals surface area contributed by atoms with Crippen LogP contribution in [0.5, 0.6) is 0 Å². The Balaban J connectivity index is 2.68. The van der Waals surface area contributed by atoms with Crippen molar-refractivity contribution in [2.75, 3.05) is 6.61 Å². The van der Waals surface area contributed by atoms with Gasteiger partial charge in [-0.2, -0.15) is 0 Å². The maximum atomic E-state index is 11.9. The van der Waals surface area contributed by atoms with Crippen molar-refractivity contribution < 1.29 is 14.7 Å². The van der Waals surface area contributed by atoms with Gasteiger partial charge in [-0.15, -0.1) is 0 Å². The summed E-state index contributed by atoms with van der Waals surface area (Å²) in [6.45, 7) is 2.97. The van der Waals surface area contributed by atoms with Crippen molar-refractivity contribution in [1.82, 2.24) is 10.6 Å². The number of nitrogens with one attached hydrogen (secondary N) is 2. The van der Waals surface area contributed by atoms with Crippen molar-refractivity contribution in [2.45, 2.75) is 32.4 Å². The SMILES string of the molecule is CC(=O)NC(C)C(=O)NC(CCO)c1ccccc1. The second-order valence-corrected chi connectivity index (χ2v) is 4.41. The lowest BCUT2D eigenvalue weighted by atomic mass is 10.0. The standard InChI is InChI=1S/C14H20N2O3/c1-10(15-11(2)18)14(19)16-13(8-9-17)12-6-4-3-5-7-12/h3-7,10,13,17H,8-9H2,1-2H3,(H,15,18)(H,16,19). The van der Waals surface area contributed by atoms with Gasteiger partial charge in [0.2, 0.25) is 11.8 Å². The summed E-state index contributed by atoms with van der Waals surface area (Å²) in [6.07, 6.45) is 0.433. The first-order chi connectivity index (χ1) is 9.04. The molecule has 0 saturated heterocycles. The first-order valence-corrected chi connectivity index (χ1v) is 6.28. The summed E-state index contributed by atoms with van der Waals surface area (Å²) >= 11 is 0. The Kier molecular flexibility index (Phi) is 6.02. The van der Waals surface area contributed by atoms with E-state index < -0.39 is 6.04 Å². The number of carbonyl (C=O) groups is 2. The second-order valence-electron chi connectivity index (χ2n) is 4.41. The Hall–Kier alpha value is -1.88. The first-order valence-electron chi connectivity index (χ1n) is 6.28. The Morgan fingerprint density at radius 1 is 1.21 bits per heavy atom. The van der Waals surface area contributed by atoms with E-state index >= 15 is 0 Å². The zero-order valence-corrected chi connectivity index (χ0v) is 11.2. The molecule has 0 aliphatic heterocycles. The van der Waals surface area contributed by atoms with Gasteiger partial charge in [-0.05, 0) is 18.9 Å². The predicted octanol–water partition coefficient (Wildman–Crippen LogP) is 0.751. The topological polar surface area (TPSA) is 78.4 Å². The monoisotopic (exact) mass is 264 g/mol. The highest BCUT2D eigenvalue weighted by molar-refractivity contribution is 5.86. The molecule has 1 aromatic rings. The van der Waals surface area contributed by atoms with Gasteiger partial charge in [-0.3, -0.25) is 9.59 Å². The molecule has 1 aromatic carbocycles. The van der Waals surface area contributed by atoms with Crippen LogP contribution in [0, 0.1) is 0 Å². The zero-order valence-electron chi connectivity index (χ0n) is 11.2. The van der Waals surface area contributed by atoms with Crippen LogP contribution in [-0.4, -0.2) is 29.6 Å². The third-order valence-corrected chi connectivity index (χ3v) is 2.75. The largest absolute Gasteiger partial charge is 0.396 e. The van der Waals surface area contributed by atoms with Crippen LogP contribution in [-0.2, 0) is 9.59 Å². The second kappa shape index (κ2) is 7.53. The smallest absolute Gasteiger partial charge is 0.242 e. The molecule has 104 valence electrons. The van der Waals surface area contributed by atoms with Crippen LogP contribution < -0.4 is 10.6 Å². The van der Waals surface area contributed by atoms with Crippen molar-refractivity contribution in [3.8, 4) is 0 Å². The number of hydrogen-bond acceptors (Lipinski definition) is 3. The van der Waals surface area contributed by atoms with E-state index in [2.05, 4.69) is 10.6 Å². The third kappa shape index (κ3) is 5.09. The zero-order chi connectivity index (χ0) is 14.3. The Labute approximate surface area is 113 Å². The minimum atomic E-state index is -0.595. The van der Waals surface area contributed by atoms with Gasteiger partial charge < -0.3 is 15.7 Å². The molecule has 1 rings (SSSR count). The number of carbonyl (C=O) groups excluding carboxylic acids is 2. The van der Waals surface area contributed by atoms with Crippen molar-refractivity contribution in [3.63, 3.8) is 0 Å². The summed E-state index contributed by atoms with van der Waals surface area (Å²) in [6, 6.07) is 8.58. The fraction of sp³-hybridized carbons (Fsp3) is 0.429. The molecule has 2 atom stereocenters. The maximum absolute atomic E-state index is 11.9. The quantitative estimate of drug-likeness (QED) is 0.709. The molecule has 0 bridgehead atoms. The summed E-state index contributed by atoms with van der Waals surface area (Å²) in [7, 11) is 0. The van der Waals surface area contributed by atoms with Crippen LogP contribution in [0.4, 0.5) is 0 Å². The van der Waals surface area contributed by atoms with Crippen LogP contribution in [0.15, 0.2) is 30.3 Å². The molecule has 19 heavy (non-hydrogen) atoms. The highest BCUT2D eigenvalue weighted by atomic mass is 16.3. The molecule has 0 heterocycles. The van der Waals surface area contributed by atoms with E-state index in [-0.39, 0.29) is 24.5 Å². The fourth-order valence-corrected chi connectivity index (χ4v) is 1.80. The van der Waals surface area contributed by atoms with Gasteiger partial charge in [0.05, 0.1) is 6.04 Å². The van der Waals surface area contributed by atoms with Gasteiger partial charge in [0, 0.05) is 13.5 Å². The van der Waals surface area contributed by atoms with E-state index in [9.17, 15) is 9.59 Å². The summed E-state index contributed by atoms with van der Waals surface area (Å²) < 4.78 is 0. The Morgan fingerprint density at radius 2 is 1.84 bits per heavy atom. The van der Waals surface area contributed by atoms with Gasteiger partial charge >= 0.3 is 0 Å². The molecule has 0 saturated carbocycles. The minimum absolute atomic E-state index is 0.0195. The number of hydrogen-bond donors (Lipinski definition) is 3. The fourth-order valence-electron chi connectivity index (χ4n) is 1.80. The molecule has 0 fully saturated rings. The van der Waals surface area contributed by atoms with Crippen molar-refractivity contribution in [2.24, 2.45) is 0 Å². The Morgan fingerprint density at radius 3 is 2.37 bits per heavy atom. The lowest BCUT2D eigenvalue weighted by molar-refractivity contribution is -0.128. The van der Waals surface area contributed by atoms with Crippen LogP contribution in [0.1, 0.15) is 31.9 Å². The molecule has 3 N–H and O–H groups in total. The predicted molar refractivity (Wildman–Crippen MR) is 72.3 cm³/mol. The first kappa shape index (κ1) is 15.2.